The molecule has 0 heterocycles. The highest BCUT2D eigenvalue weighted by atomic mass is 32.2. The van der Waals surface area contributed by atoms with Gasteiger partial charge < -0.3 is 9.11 Å². The van der Waals surface area contributed by atoms with Crippen molar-refractivity contribution in [2.75, 3.05) is 6.26 Å². The van der Waals surface area contributed by atoms with E-state index in [-0.39, 0.29) is 38.5 Å². The Morgan fingerprint density at radius 1 is 0.371 bits per heavy atom. The minimum absolute atomic E-state index is 0.00919. The Morgan fingerprint density at radius 2 is 0.565 bits per heavy atom. The first kappa shape index (κ1) is 49.7. The van der Waals surface area contributed by atoms with E-state index >= 15 is 0 Å². The summed E-state index contributed by atoms with van der Waals surface area (Å²) in [7, 11) is -8.39. The van der Waals surface area contributed by atoms with Crippen LogP contribution in [0.25, 0.3) is 0 Å². The van der Waals surface area contributed by atoms with Crippen LogP contribution in [0.1, 0.15) is 76.0 Å². The first-order chi connectivity index (χ1) is 29.5. The van der Waals surface area contributed by atoms with Gasteiger partial charge in [0.15, 0.2) is 29.4 Å². The van der Waals surface area contributed by atoms with Gasteiger partial charge in [-0.25, -0.2) is 16.8 Å². The van der Waals surface area contributed by atoms with Gasteiger partial charge in [-0.3, -0.25) is 0 Å². The molecule has 0 saturated carbocycles. The molecular formula is C52H56O6S4. The molecule has 0 amide bonds. The Kier molecular flexibility index (Phi) is 19.3. The monoisotopic (exact) mass is 904 g/mol. The largest absolute Gasteiger partial charge is 0.748 e. The van der Waals surface area contributed by atoms with E-state index in [9.17, 15) is 13.0 Å². The molecule has 7 rings (SSSR count). The third kappa shape index (κ3) is 15.8. The van der Waals surface area contributed by atoms with Gasteiger partial charge in [0.05, 0.1) is 36.8 Å². The summed E-state index contributed by atoms with van der Waals surface area (Å²) in [4.78, 5) is 8.15. The predicted octanol–water partition coefficient (Wildman–Crippen LogP) is 12.7. The van der Waals surface area contributed by atoms with E-state index in [1.807, 2.05) is 39.8 Å². The summed E-state index contributed by atoms with van der Waals surface area (Å²) in [5, 5.41) is 0. The lowest BCUT2D eigenvalue weighted by atomic mass is 9.89. The predicted molar refractivity (Wildman–Crippen MR) is 255 cm³/mol. The summed E-state index contributed by atoms with van der Waals surface area (Å²) in [5.74, 6) is 0.322. The maximum absolute atomic E-state index is 11.6. The van der Waals surface area contributed by atoms with Crippen LogP contribution in [0.3, 0.4) is 0 Å². The highest BCUT2D eigenvalue weighted by Gasteiger charge is 2.29. The summed E-state index contributed by atoms with van der Waals surface area (Å²) < 4.78 is 62.1. The Labute approximate surface area is 376 Å². The van der Waals surface area contributed by atoms with Gasteiger partial charge in [-0.05, 0) is 107 Å². The second-order valence-electron chi connectivity index (χ2n) is 15.1. The maximum Gasteiger partial charge on any atom is 0.166 e. The van der Waals surface area contributed by atoms with E-state index in [4.69, 9.17) is 13.0 Å². The quantitative estimate of drug-likeness (QED) is 0.0997. The Bertz CT molecular complexity index is 2250. The fourth-order valence-electron chi connectivity index (χ4n) is 6.33. The van der Waals surface area contributed by atoms with E-state index in [0.29, 0.717) is 23.3 Å². The van der Waals surface area contributed by atoms with Gasteiger partial charge in [0.25, 0.3) is 0 Å². The molecule has 324 valence electrons. The highest BCUT2D eigenvalue weighted by Crippen LogP contribution is 2.35. The molecule has 7 aromatic rings. The summed E-state index contributed by atoms with van der Waals surface area (Å²) in [6.07, 6.45) is 0.604. The van der Waals surface area contributed by atoms with Crippen molar-refractivity contribution < 1.29 is 25.9 Å². The van der Waals surface area contributed by atoms with E-state index < -0.39 is 20.2 Å². The van der Waals surface area contributed by atoms with Gasteiger partial charge in [-0.15, -0.1) is 0 Å². The first-order valence-electron chi connectivity index (χ1n) is 20.3. The molecule has 0 bridgehead atoms. The van der Waals surface area contributed by atoms with Crippen molar-refractivity contribution in [1.82, 2.24) is 0 Å². The zero-order valence-corrected chi connectivity index (χ0v) is 39.6. The minimum atomic E-state index is -4.45. The fourth-order valence-corrected chi connectivity index (χ4v) is 11.7. The van der Waals surface area contributed by atoms with Crippen LogP contribution in [0.5, 0.6) is 0 Å². The van der Waals surface area contributed by atoms with Crippen molar-refractivity contribution in [3.05, 3.63) is 211 Å². The first-order valence-corrected chi connectivity index (χ1v) is 26.0. The van der Waals surface area contributed by atoms with Crippen molar-refractivity contribution in [1.29, 1.82) is 0 Å². The van der Waals surface area contributed by atoms with Gasteiger partial charge in [0.1, 0.15) is 10.1 Å². The molecule has 0 radical (unpaired) electrons. The topological polar surface area (TPSA) is 114 Å². The van der Waals surface area contributed by atoms with E-state index in [0.717, 1.165) is 5.56 Å². The van der Waals surface area contributed by atoms with Gasteiger partial charge in [0, 0.05) is 6.26 Å². The molecule has 0 aliphatic rings. The molecule has 0 N–H and O–H groups in total. The molecule has 0 atom stereocenters. The maximum atomic E-state index is 11.6. The molecule has 0 spiro atoms. The molecule has 0 aromatic heterocycles. The second-order valence-corrected chi connectivity index (χ2v) is 21.9. The summed E-state index contributed by atoms with van der Waals surface area (Å²) in [6.45, 7) is 11.8. The van der Waals surface area contributed by atoms with Crippen LogP contribution in [-0.2, 0) is 42.0 Å². The molecule has 0 aliphatic heterocycles. The third-order valence-electron chi connectivity index (χ3n) is 9.20. The van der Waals surface area contributed by atoms with Gasteiger partial charge in [0.2, 0.25) is 0 Å². The molecule has 10 heteroatoms. The zero-order chi connectivity index (χ0) is 45.3. The summed E-state index contributed by atoms with van der Waals surface area (Å²) >= 11 is 0. The normalized spacial score (nSPS) is 11.3. The van der Waals surface area contributed by atoms with Crippen LogP contribution in [0.4, 0.5) is 0 Å². The SMILES string of the molecule is CC(C)c1cc(C(C)C)c(S(=O)(=O)[O-])c(C(C)C)c1.CS(=O)(=O)[O-].c1ccc([S+](c2ccccc2)c2ccccc2)cc1.c1ccc([S+](c2ccccc2)c2ccccc2)cc1. The number of hydrogen-bond donors (Lipinski definition) is 0. The zero-order valence-electron chi connectivity index (χ0n) is 36.3. The molecule has 62 heavy (non-hydrogen) atoms. The highest BCUT2D eigenvalue weighted by molar-refractivity contribution is 7.97. The molecule has 0 saturated heterocycles. The standard InChI is InChI=1S/2C18H15S.C15H24O3S.CH4O3S/c2*1-4-10-16(11-5-1)19(17-12-6-2-7-13-17)18-14-8-3-9-15-18;1-9(2)12-7-13(10(3)4)15(19(16,17)18)14(8-12)11(5)6;1-5(2,3)4/h2*1-15H;7-11H,1-6H3,(H,16,17,18);1H3,(H,2,3,4)/q2*+1;;/p-2. The molecule has 0 fully saturated rings. The number of benzene rings is 7. The van der Waals surface area contributed by atoms with Crippen LogP contribution in [0.15, 0.2) is 228 Å². The van der Waals surface area contributed by atoms with Gasteiger partial charge >= 0.3 is 0 Å². The number of hydrogen-bond acceptors (Lipinski definition) is 6. The van der Waals surface area contributed by atoms with Gasteiger partial charge in [-0.1, -0.05) is 163 Å². The Hall–Kier alpha value is -4.94. The molecular weight excluding hydrogens is 849 g/mol. The lowest BCUT2D eigenvalue weighted by Gasteiger charge is -2.24. The summed E-state index contributed by atoms with van der Waals surface area (Å²) in [5.41, 5.74) is 2.37. The molecule has 6 nitrogen and oxygen atoms in total. The van der Waals surface area contributed by atoms with Crippen LogP contribution < -0.4 is 0 Å². The molecule has 0 unspecified atom stereocenters. The Morgan fingerprint density at radius 3 is 0.710 bits per heavy atom. The summed E-state index contributed by atoms with van der Waals surface area (Å²) in [6, 6.07) is 68.0. The van der Waals surface area contributed by atoms with Gasteiger partial charge in [-0.2, -0.15) is 0 Å². The van der Waals surface area contributed by atoms with E-state index in [2.05, 4.69) is 196 Å². The average molecular weight is 905 g/mol. The smallest absolute Gasteiger partial charge is 0.166 e. The van der Waals surface area contributed by atoms with E-state index in [1.165, 1.54) is 29.4 Å². The second kappa shape index (κ2) is 24.1. The van der Waals surface area contributed by atoms with Crippen molar-refractivity contribution >= 4 is 42.0 Å². The average Bonchev–Trinajstić information content (AvgIpc) is 3.25. The van der Waals surface area contributed by atoms with Crippen molar-refractivity contribution in [3.63, 3.8) is 0 Å². The fraction of sp³-hybridized carbons (Fsp3) is 0.192. The van der Waals surface area contributed by atoms with Crippen LogP contribution >= 0.6 is 0 Å². The third-order valence-corrected chi connectivity index (χ3v) is 14.6. The molecule has 7 aromatic carbocycles. The van der Waals surface area contributed by atoms with Crippen molar-refractivity contribution in [2.45, 2.75) is 93.6 Å². The molecule has 0 aliphatic carbocycles. The number of rotatable bonds is 10. The minimum Gasteiger partial charge on any atom is -0.748 e. The van der Waals surface area contributed by atoms with Crippen LogP contribution in [0, 0.1) is 0 Å². The van der Waals surface area contributed by atoms with Crippen LogP contribution in [-0.4, -0.2) is 32.2 Å². The van der Waals surface area contributed by atoms with E-state index in [1.54, 1.807) is 0 Å². The Balaban J connectivity index is 0.000000194. The lowest BCUT2D eigenvalue weighted by molar-refractivity contribution is 0.459. The van der Waals surface area contributed by atoms with Crippen molar-refractivity contribution in [2.24, 2.45) is 0 Å². The lowest BCUT2D eigenvalue weighted by Crippen LogP contribution is -2.11. The van der Waals surface area contributed by atoms with Crippen molar-refractivity contribution in [3.8, 4) is 0 Å². The van der Waals surface area contributed by atoms with Crippen LogP contribution in [0.2, 0.25) is 0 Å².